The molecule has 0 bridgehead atoms. The summed E-state index contributed by atoms with van der Waals surface area (Å²) in [4.78, 5) is 0. The summed E-state index contributed by atoms with van der Waals surface area (Å²) in [6.45, 7) is 0. The highest BCUT2D eigenvalue weighted by atomic mass is 32.2. The van der Waals surface area contributed by atoms with Crippen molar-refractivity contribution in [2.75, 3.05) is 7.05 Å². The fraction of sp³-hybridized carbons (Fsp3) is 1.00. The number of aliphatic hydroxyl groups excluding tert-OH is 1. The maximum Gasteiger partial charge on any atom is 0.276 e. The zero-order chi connectivity index (χ0) is 9.90. The molecule has 6 heteroatoms. The van der Waals surface area contributed by atoms with E-state index in [4.69, 9.17) is 0 Å². The molecule has 1 aliphatic rings. The van der Waals surface area contributed by atoms with E-state index in [2.05, 4.69) is 9.44 Å². The van der Waals surface area contributed by atoms with Gasteiger partial charge in [-0.15, -0.1) is 0 Å². The van der Waals surface area contributed by atoms with Crippen LogP contribution in [0.3, 0.4) is 0 Å². The minimum absolute atomic E-state index is 0.124. The van der Waals surface area contributed by atoms with Gasteiger partial charge in [-0.2, -0.15) is 13.1 Å². The minimum atomic E-state index is -3.35. The van der Waals surface area contributed by atoms with E-state index in [1.54, 1.807) is 0 Å². The summed E-state index contributed by atoms with van der Waals surface area (Å²) in [5.41, 5.74) is 0. The van der Waals surface area contributed by atoms with E-state index >= 15 is 0 Å². The molecule has 0 saturated heterocycles. The largest absolute Gasteiger partial charge is 0.393 e. The third-order valence-electron chi connectivity index (χ3n) is 2.24. The van der Waals surface area contributed by atoms with E-state index in [1.165, 1.54) is 7.05 Å². The maximum atomic E-state index is 11.1. The monoisotopic (exact) mass is 208 g/mol. The number of aliphatic hydroxyl groups is 1. The van der Waals surface area contributed by atoms with Crippen molar-refractivity contribution in [2.45, 2.75) is 37.8 Å². The second-order valence-corrected chi connectivity index (χ2v) is 4.99. The van der Waals surface area contributed by atoms with E-state index < -0.39 is 10.2 Å². The number of hydrogen-bond acceptors (Lipinski definition) is 3. The first-order valence-corrected chi connectivity index (χ1v) is 5.90. The molecule has 5 nitrogen and oxygen atoms in total. The van der Waals surface area contributed by atoms with Gasteiger partial charge in [0.25, 0.3) is 10.2 Å². The summed E-state index contributed by atoms with van der Waals surface area (Å²) in [6.07, 6.45) is 2.60. The molecule has 78 valence electrons. The molecule has 0 spiro atoms. The van der Waals surface area contributed by atoms with Gasteiger partial charge >= 0.3 is 0 Å². The summed E-state index contributed by atoms with van der Waals surface area (Å²) < 4.78 is 26.8. The van der Waals surface area contributed by atoms with Crippen molar-refractivity contribution in [3.63, 3.8) is 0 Å². The lowest BCUT2D eigenvalue weighted by Crippen LogP contribution is -2.44. The molecule has 1 saturated carbocycles. The molecule has 0 aliphatic heterocycles. The Morgan fingerprint density at radius 1 is 1.38 bits per heavy atom. The van der Waals surface area contributed by atoms with Crippen molar-refractivity contribution in [2.24, 2.45) is 0 Å². The van der Waals surface area contributed by atoms with Gasteiger partial charge in [0.1, 0.15) is 0 Å². The predicted molar refractivity (Wildman–Crippen MR) is 49.4 cm³/mol. The van der Waals surface area contributed by atoms with Crippen molar-refractivity contribution in [3.8, 4) is 0 Å². The highest BCUT2D eigenvalue weighted by Gasteiger charge is 2.23. The Morgan fingerprint density at radius 2 is 2.08 bits per heavy atom. The zero-order valence-electron chi connectivity index (χ0n) is 7.66. The summed E-state index contributed by atoms with van der Waals surface area (Å²) in [7, 11) is -1.99. The highest BCUT2D eigenvalue weighted by molar-refractivity contribution is 7.87. The molecule has 0 aromatic rings. The van der Waals surface area contributed by atoms with E-state index in [0.29, 0.717) is 6.42 Å². The summed E-state index contributed by atoms with van der Waals surface area (Å²) in [6, 6.07) is -0.124. The van der Waals surface area contributed by atoms with Gasteiger partial charge < -0.3 is 5.11 Å². The standard InChI is InChI=1S/C7H16N2O3S/c1-8-13(11,12)9-6-3-2-4-7(10)5-6/h6-10H,2-5H2,1H3. The Balaban J connectivity index is 2.45. The topological polar surface area (TPSA) is 78.4 Å². The lowest BCUT2D eigenvalue weighted by molar-refractivity contribution is 0.117. The molecule has 0 amide bonds. The second-order valence-electron chi connectivity index (χ2n) is 3.34. The van der Waals surface area contributed by atoms with E-state index in [0.717, 1.165) is 19.3 Å². The van der Waals surface area contributed by atoms with E-state index in [-0.39, 0.29) is 12.1 Å². The average Bonchev–Trinajstić information content (AvgIpc) is 2.03. The molecule has 3 N–H and O–H groups in total. The third kappa shape index (κ3) is 3.60. The first-order valence-electron chi connectivity index (χ1n) is 4.42. The molecule has 2 atom stereocenters. The minimum Gasteiger partial charge on any atom is -0.393 e. The van der Waals surface area contributed by atoms with Crippen molar-refractivity contribution >= 4 is 10.2 Å². The number of nitrogens with one attached hydrogen (secondary N) is 2. The first kappa shape index (κ1) is 10.9. The SMILES string of the molecule is CNS(=O)(=O)NC1CCCC(O)C1. The fourth-order valence-corrected chi connectivity index (χ4v) is 2.32. The van der Waals surface area contributed by atoms with Gasteiger partial charge in [0.15, 0.2) is 0 Å². The highest BCUT2D eigenvalue weighted by Crippen LogP contribution is 2.18. The zero-order valence-corrected chi connectivity index (χ0v) is 8.47. The summed E-state index contributed by atoms with van der Waals surface area (Å²) >= 11 is 0. The molecule has 2 unspecified atom stereocenters. The first-order chi connectivity index (χ1) is 6.03. The molecular weight excluding hydrogens is 192 g/mol. The van der Waals surface area contributed by atoms with Crippen molar-refractivity contribution < 1.29 is 13.5 Å². The van der Waals surface area contributed by atoms with Crippen LogP contribution in [0.15, 0.2) is 0 Å². The fourth-order valence-electron chi connectivity index (χ4n) is 1.55. The quantitative estimate of drug-likeness (QED) is 0.576. The smallest absolute Gasteiger partial charge is 0.276 e. The van der Waals surface area contributed by atoms with Crippen LogP contribution in [0.5, 0.6) is 0 Å². The summed E-state index contributed by atoms with van der Waals surface area (Å²) in [5.74, 6) is 0. The van der Waals surface area contributed by atoms with Crippen LogP contribution in [0, 0.1) is 0 Å². The lowest BCUT2D eigenvalue weighted by atomic mass is 9.94. The molecule has 0 aromatic heterocycles. The van der Waals surface area contributed by atoms with Crippen LogP contribution in [0.25, 0.3) is 0 Å². The lowest BCUT2D eigenvalue weighted by Gasteiger charge is -2.26. The molecule has 1 rings (SSSR count). The Hall–Kier alpha value is -0.170. The Labute approximate surface area is 78.7 Å². The van der Waals surface area contributed by atoms with Gasteiger partial charge in [0, 0.05) is 13.1 Å². The molecule has 13 heavy (non-hydrogen) atoms. The van der Waals surface area contributed by atoms with Crippen LogP contribution in [0.2, 0.25) is 0 Å². The molecule has 1 aliphatic carbocycles. The molecule has 0 heterocycles. The normalized spacial score (nSPS) is 30.3. The molecule has 0 aromatic carbocycles. The molecular formula is C7H16N2O3S. The number of rotatable bonds is 3. The Kier molecular flexibility index (Phi) is 3.66. The average molecular weight is 208 g/mol. The van der Waals surface area contributed by atoms with Crippen molar-refractivity contribution in [1.29, 1.82) is 0 Å². The van der Waals surface area contributed by atoms with Crippen LogP contribution >= 0.6 is 0 Å². The van der Waals surface area contributed by atoms with Crippen molar-refractivity contribution in [3.05, 3.63) is 0 Å². The van der Waals surface area contributed by atoms with E-state index in [1.807, 2.05) is 0 Å². The summed E-state index contributed by atoms with van der Waals surface area (Å²) in [5, 5.41) is 9.29. The van der Waals surface area contributed by atoms with Gasteiger partial charge in [0.05, 0.1) is 6.10 Å². The molecule has 0 radical (unpaired) electrons. The van der Waals surface area contributed by atoms with Gasteiger partial charge in [-0.25, -0.2) is 4.72 Å². The van der Waals surface area contributed by atoms with Gasteiger partial charge in [0.2, 0.25) is 0 Å². The Morgan fingerprint density at radius 3 is 2.62 bits per heavy atom. The van der Waals surface area contributed by atoms with Crippen LogP contribution in [0.4, 0.5) is 0 Å². The van der Waals surface area contributed by atoms with Gasteiger partial charge in [-0.1, -0.05) is 0 Å². The second kappa shape index (κ2) is 4.36. The predicted octanol–water partition coefficient (Wildman–Crippen LogP) is -0.656. The van der Waals surface area contributed by atoms with Crippen LogP contribution in [0.1, 0.15) is 25.7 Å². The maximum absolute atomic E-state index is 11.1. The van der Waals surface area contributed by atoms with Gasteiger partial charge in [-0.3, -0.25) is 0 Å². The van der Waals surface area contributed by atoms with Gasteiger partial charge in [-0.05, 0) is 25.7 Å². The van der Waals surface area contributed by atoms with E-state index in [9.17, 15) is 13.5 Å². The third-order valence-corrected chi connectivity index (χ3v) is 3.42. The molecule has 1 fully saturated rings. The van der Waals surface area contributed by atoms with Crippen LogP contribution in [-0.2, 0) is 10.2 Å². The Bertz CT molecular complexity index is 252. The van der Waals surface area contributed by atoms with Crippen LogP contribution in [-0.4, -0.2) is 32.7 Å². The number of hydrogen-bond donors (Lipinski definition) is 3. The van der Waals surface area contributed by atoms with Crippen LogP contribution < -0.4 is 9.44 Å². The van der Waals surface area contributed by atoms with Crippen molar-refractivity contribution in [1.82, 2.24) is 9.44 Å².